The molecule has 3 N–H and O–H groups in total. The van der Waals surface area contributed by atoms with E-state index in [1.54, 1.807) is 0 Å². The second kappa shape index (κ2) is 7.81. The minimum atomic E-state index is -1.05. The molecule has 0 aliphatic heterocycles. The highest BCUT2D eigenvalue weighted by Gasteiger charge is 2.68. The second-order valence-corrected chi connectivity index (χ2v) is 8.07. The molecule has 1 unspecified atom stereocenters. The molecule has 2 aromatic carbocycles. The molecule has 1 amide bonds. The summed E-state index contributed by atoms with van der Waals surface area (Å²) in [7, 11) is 0. The van der Waals surface area contributed by atoms with Gasteiger partial charge >= 0.3 is 6.09 Å². The monoisotopic (exact) mass is 422 g/mol. The van der Waals surface area contributed by atoms with Crippen molar-refractivity contribution in [1.29, 1.82) is 0 Å². The Labute approximate surface area is 171 Å². The summed E-state index contributed by atoms with van der Waals surface area (Å²) >= 11 is 0. The number of aliphatic hydroxyl groups excluding tert-OH is 1. The van der Waals surface area contributed by atoms with Crippen molar-refractivity contribution in [3.63, 3.8) is 0 Å². The normalized spacial score (nSPS) is 24.9. The van der Waals surface area contributed by atoms with Crippen LogP contribution in [0.25, 0.3) is 0 Å². The molecule has 30 heavy (non-hydrogen) atoms. The summed E-state index contributed by atoms with van der Waals surface area (Å²) in [5.74, 6) is -1.94. The Hall–Kier alpha value is -2.78. The van der Waals surface area contributed by atoms with Crippen LogP contribution in [0.5, 0.6) is 5.75 Å². The van der Waals surface area contributed by atoms with Crippen LogP contribution in [0, 0.1) is 22.9 Å². The number of nitrogens with one attached hydrogen (secondary N) is 2. The van der Waals surface area contributed by atoms with Gasteiger partial charge in [0, 0.05) is 22.7 Å². The highest BCUT2D eigenvalue weighted by atomic mass is 19.2. The smallest absolute Gasteiger partial charge is 0.411 e. The topological polar surface area (TPSA) is 79.8 Å². The van der Waals surface area contributed by atoms with E-state index in [9.17, 15) is 23.1 Å². The summed E-state index contributed by atoms with van der Waals surface area (Å²) in [6, 6.07) is 8.58. The van der Waals surface area contributed by atoms with Crippen molar-refractivity contribution in [2.45, 2.75) is 31.0 Å². The molecule has 3 saturated carbocycles. The van der Waals surface area contributed by atoms with Gasteiger partial charge in [-0.05, 0) is 55.7 Å². The molecular formula is C21H21F3N2O4. The SMILES string of the molecule is O=C(Nc1ccc(F)c(F)c1)OCC12CC(NC(O)COc3ccc(F)cc3)(C1)C2. The van der Waals surface area contributed by atoms with E-state index in [4.69, 9.17) is 9.47 Å². The number of halogens is 3. The van der Waals surface area contributed by atoms with E-state index in [-0.39, 0.29) is 35.7 Å². The maximum Gasteiger partial charge on any atom is 0.411 e. The quantitative estimate of drug-likeness (QED) is 0.567. The molecule has 3 aliphatic rings. The standard InChI is InChI=1S/C21H21F3N2O4/c22-13-1-4-15(5-2-13)29-8-18(27)26-21-9-20(10-21,11-21)12-30-19(28)25-14-3-6-16(23)17(24)7-14/h1-7,18,26-27H,8-12H2,(H,25,28). The van der Waals surface area contributed by atoms with E-state index < -0.39 is 24.0 Å². The van der Waals surface area contributed by atoms with Crippen molar-refractivity contribution in [3.05, 3.63) is 59.9 Å². The fraction of sp³-hybridized carbons (Fsp3) is 0.381. The number of carbonyl (C=O) groups is 1. The predicted octanol–water partition coefficient (Wildman–Crippen LogP) is 3.56. The zero-order valence-corrected chi connectivity index (χ0v) is 16.0. The van der Waals surface area contributed by atoms with Gasteiger partial charge < -0.3 is 14.6 Å². The Balaban J connectivity index is 1.16. The first-order valence-corrected chi connectivity index (χ1v) is 9.50. The first kappa shape index (κ1) is 20.5. The van der Waals surface area contributed by atoms with E-state index in [2.05, 4.69) is 10.6 Å². The molecule has 3 aliphatic carbocycles. The lowest BCUT2D eigenvalue weighted by molar-refractivity contribution is -0.194. The zero-order valence-electron chi connectivity index (χ0n) is 16.0. The molecule has 0 saturated heterocycles. The van der Waals surface area contributed by atoms with Crippen molar-refractivity contribution in [2.24, 2.45) is 5.41 Å². The average molecular weight is 422 g/mol. The van der Waals surface area contributed by atoms with Gasteiger partial charge in [-0.2, -0.15) is 0 Å². The number of hydrogen-bond acceptors (Lipinski definition) is 5. The number of amides is 1. The van der Waals surface area contributed by atoms with Crippen LogP contribution >= 0.6 is 0 Å². The molecule has 160 valence electrons. The summed E-state index contributed by atoms with van der Waals surface area (Å²) in [6.45, 7) is 0.224. The molecule has 9 heteroatoms. The number of ether oxygens (including phenoxy) is 2. The van der Waals surface area contributed by atoms with Crippen molar-refractivity contribution in [3.8, 4) is 5.75 Å². The molecule has 0 heterocycles. The summed E-state index contributed by atoms with van der Waals surface area (Å²) in [5.41, 5.74) is -0.222. The van der Waals surface area contributed by atoms with Crippen LogP contribution in [0.3, 0.4) is 0 Å². The van der Waals surface area contributed by atoms with E-state index in [1.807, 2.05) is 0 Å². The Morgan fingerprint density at radius 2 is 1.77 bits per heavy atom. The van der Waals surface area contributed by atoms with Gasteiger partial charge in [0.2, 0.25) is 0 Å². The molecule has 1 atom stereocenters. The van der Waals surface area contributed by atoms with Crippen LogP contribution in [0.2, 0.25) is 0 Å². The summed E-state index contributed by atoms with van der Waals surface area (Å²) < 4.78 is 49.6. The zero-order chi connectivity index (χ0) is 21.4. The predicted molar refractivity (Wildman–Crippen MR) is 101 cm³/mol. The van der Waals surface area contributed by atoms with Gasteiger partial charge in [-0.25, -0.2) is 18.0 Å². The number of hydrogen-bond donors (Lipinski definition) is 3. The third-order valence-corrected chi connectivity index (χ3v) is 5.51. The lowest BCUT2D eigenvalue weighted by Gasteiger charge is -2.70. The van der Waals surface area contributed by atoms with E-state index in [1.165, 1.54) is 30.3 Å². The van der Waals surface area contributed by atoms with Crippen LogP contribution in [0.4, 0.5) is 23.7 Å². The molecule has 0 radical (unpaired) electrons. The molecular weight excluding hydrogens is 401 g/mol. The Morgan fingerprint density at radius 1 is 1.07 bits per heavy atom. The van der Waals surface area contributed by atoms with E-state index in [0.717, 1.165) is 31.4 Å². The third-order valence-electron chi connectivity index (χ3n) is 5.51. The van der Waals surface area contributed by atoms with E-state index >= 15 is 0 Å². The van der Waals surface area contributed by atoms with Crippen molar-refractivity contribution in [2.75, 3.05) is 18.5 Å². The molecule has 2 bridgehead atoms. The highest BCUT2D eigenvalue weighted by Crippen LogP contribution is 2.67. The maximum absolute atomic E-state index is 13.2. The van der Waals surface area contributed by atoms with E-state index in [0.29, 0.717) is 5.75 Å². The minimum Gasteiger partial charge on any atom is -0.489 e. The van der Waals surface area contributed by atoms with Gasteiger partial charge in [0.1, 0.15) is 24.4 Å². The molecule has 6 nitrogen and oxygen atoms in total. The van der Waals surface area contributed by atoms with Crippen molar-refractivity contribution in [1.82, 2.24) is 5.32 Å². The van der Waals surface area contributed by atoms with Crippen molar-refractivity contribution >= 4 is 11.8 Å². The fourth-order valence-electron chi connectivity index (χ4n) is 4.35. The highest BCUT2D eigenvalue weighted by molar-refractivity contribution is 5.84. The number of rotatable bonds is 8. The summed E-state index contributed by atoms with van der Waals surface area (Å²) in [4.78, 5) is 11.9. The number of carbonyl (C=O) groups excluding carboxylic acids is 1. The van der Waals surface area contributed by atoms with Gasteiger partial charge in [0.15, 0.2) is 11.6 Å². The average Bonchev–Trinajstić information content (AvgIpc) is 2.65. The van der Waals surface area contributed by atoms with Gasteiger partial charge in [0.05, 0.1) is 6.61 Å². The Bertz CT molecular complexity index is 919. The van der Waals surface area contributed by atoms with Gasteiger partial charge in [-0.1, -0.05) is 0 Å². The van der Waals surface area contributed by atoms with Crippen molar-refractivity contribution < 1.29 is 32.5 Å². The molecule has 3 fully saturated rings. The first-order valence-electron chi connectivity index (χ1n) is 9.50. The maximum atomic E-state index is 13.2. The van der Waals surface area contributed by atoms with Crippen LogP contribution in [-0.4, -0.2) is 36.2 Å². The number of benzene rings is 2. The Morgan fingerprint density at radius 3 is 2.43 bits per heavy atom. The minimum absolute atomic E-state index is 0.0213. The lowest BCUT2D eigenvalue weighted by Crippen LogP contribution is -2.76. The molecule has 2 aromatic rings. The van der Waals surface area contributed by atoms with Gasteiger partial charge in [0.25, 0.3) is 0 Å². The van der Waals surface area contributed by atoms with Gasteiger partial charge in [-0.3, -0.25) is 10.6 Å². The molecule has 0 spiro atoms. The second-order valence-electron chi connectivity index (χ2n) is 8.07. The third kappa shape index (κ3) is 4.36. The number of aliphatic hydroxyl groups is 1. The van der Waals surface area contributed by atoms with Crippen LogP contribution in [-0.2, 0) is 4.74 Å². The summed E-state index contributed by atoms with van der Waals surface area (Å²) in [5, 5.41) is 15.6. The number of anilines is 1. The van der Waals surface area contributed by atoms with Crippen LogP contribution < -0.4 is 15.4 Å². The molecule has 0 aromatic heterocycles. The fourth-order valence-corrected chi connectivity index (χ4v) is 4.35. The lowest BCUT2D eigenvalue weighted by atomic mass is 9.39. The largest absolute Gasteiger partial charge is 0.489 e. The Kier molecular flexibility index (Phi) is 5.33. The van der Waals surface area contributed by atoms with Crippen LogP contribution in [0.1, 0.15) is 19.3 Å². The molecule has 5 rings (SSSR count). The first-order chi connectivity index (χ1) is 14.3. The van der Waals surface area contributed by atoms with Gasteiger partial charge in [-0.15, -0.1) is 0 Å². The van der Waals surface area contributed by atoms with Crippen LogP contribution in [0.15, 0.2) is 42.5 Å². The summed E-state index contributed by atoms with van der Waals surface area (Å²) in [6.07, 6.45) is 0.607.